The molecule has 3 aliphatic rings. The van der Waals surface area contributed by atoms with E-state index in [1.807, 2.05) is 58.5 Å². The van der Waals surface area contributed by atoms with E-state index in [1.165, 1.54) is 0 Å². The standard InChI is InChI=1S/C24H29N3O3S/c28-22(17-31-20-5-2-1-3-6-20)25-13-10-24(11-14-25)18-26(15-16-30-24)23(29)21-7-4-12-27(21)19-8-9-19/h1-7,12,19H,8-11,13-18H2. The normalized spacial score (nSPS) is 20.8. The molecule has 6 nitrogen and oxygen atoms in total. The fourth-order valence-corrected chi connectivity index (χ4v) is 5.47. The lowest BCUT2D eigenvalue weighted by Crippen LogP contribution is -2.58. The van der Waals surface area contributed by atoms with E-state index in [1.54, 1.807) is 11.8 Å². The Morgan fingerprint density at radius 3 is 2.52 bits per heavy atom. The third-order valence-electron chi connectivity index (χ3n) is 6.61. The van der Waals surface area contributed by atoms with E-state index in [9.17, 15) is 9.59 Å². The third-order valence-corrected chi connectivity index (χ3v) is 7.60. The van der Waals surface area contributed by atoms with Crippen LogP contribution in [0.4, 0.5) is 0 Å². The number of hydrogen-bond acceptors (Lipinski definition) is 4. The van der Waals surface area contributed by atoms with Gasteiger partial charge in [0.15, 0.2) is 0 Å². The van der Waals surface area contributed by atoms with Crippen molar-refractivity contribution in [1.29, 1.82) is 0 Å². The van der Waals surface area contributed by atoms with Gasteiger partial charge in [0.2, 0.25) is 5.91 Å². The van der Waals surface area contributed by atoms with Crippen LogP contribution in [0.25, 0.3) is 0 Å². The second kappa shape index (κ2) is 8.71. The summed E-state index contributed by atoms with van der Waals surface area (Å²) in [7, 11) is 0. The van der Waals surface area contributed by atoms with Gasteiger partial charge >= 0.3 is 0 Å². The molecular weight excluding hydrogens is 410 g/mol. The number of carbonyl (C=O) groups is 2. The second-order valence-corrected chi connectivity index (χ2v) is 9.82. The highest BCUT2D eigenvalue weighted by atomic mass is 32.2. The van der Waals surface area contributed by atoms with Gasteiger partial charge in [0.05, 0.1) is 24.5 Å². The summed E-state index contributed by atoms with van der Waals surface area (Å²) in [6, 6.07) is 14.4. The van der Waals surface area contributed by atoms with Crippen molar-refractivity contribution in [2.45, 2.75) is 42.2 Å². The highest BCUT2D eigenvalue weighted by Crippen LogP contribution is 2.37. The van der Waals surface area contributed by atoms with Crippen molar-refractivity contribution in [3.8, 4) is 0 Å². The topological polar surface area (TPSA) is 54.8 Å². The van der Waals surface area contributed by atoms with Crippen molar-refractivity contribution in [2.75, 3.05) is 38.5 Å². The Morgan fingerprint density at radius 2 is 1.77 bits per heavy atom. The lowest BCUT2D eigenvalue weighted by molar-refractivity contribution is -0.145. The number of amides is 2. The first-order valence-electron chi connectivity index (χ1n) is 11.2. The van der Waals surface area contributed by atoms with Gasteiger partial charge in [-0.15, -0.1) is 11.8 Å². The maximum atomic E-state index is 13.2. The molecule has 0 radical (unpaired) electrons. The highest BCUT2D eigenvalue weighted by Gasteiger charge is 2.42. The molecule has 3 heterocycles. The number of aromatic nitrogens is 1. The van der Waals surface area contributed by atoms with Crippen LogP contribution < -0.4 is 0 Å². The summed E-state index contributed by atoms with van der Waals surface area (Å²) in [4.78, 5) is 30.9. The first kappa shape index (κ1) is 20.6. The number of ether oxygens (including phenoxy) is 1. The number of nitrogens with zero attached hydrogens (tertiary/aromatic N) is 3. The number of thioether (sulfide) groups is 1. The van der Waals surface area contributed by atoms with Gasteiger partial charge in [0, 0.05) is 36.8 Å². The minimum Gasteiger partial charge on any atom is -0.371 e. The Bertz CT molecular complexity index is 933. The van der Waals surface area contributed by atoms with Crippen LogP contribution in [0.2, 0.25) is 0 Å². The van der Waals surface area contributed by atoms with Crippen molar-refractivity contribution in [2.24, 2.45) is 0 Å². The van der Waals surface area contributed by atoms with Gasteiger partial charge in [0.1, 0.15) is 5.69 Å². The summed E-state index contributed by atoms with van der Waals surface area (Å²) >= 11 is 1.58. The Hall–Kier alpha value is -2.25. The SMILES string of the molecule is O=C(CSc1ccccc1)N1CCC2(CC1)CN(C(=O)c1cccn1C1CC1)CCO2. The molecule has 2 amide bonds. The molecule has 1 aromatic carbocycles. The van der Waals surface area contributed by atoms with Gasteiger partial charge in [-0.2, -0.15) is 0 Å². The first-order valence-corrected chi connectivity index (χ1v) is 12.2. The first-order chi connectivity index (χ1) is 15.1. The number of piperidine rings is 1. The van der Waals surface area contributed by atoms with Crippen molar-refractivity contribution < 1.29 is 14.3 Å². The van der Waals surface area contributed by atoms with Crippen LogP contribution in [-0.4, -0.2) is 70.3 Å². The maximum Gasteiger partial charge on any atom is 0.270 e. The molecular formula is C24H29N3O3S. The summed E-state index contributed by atoms with van der Waals surface area (Å²) in [6.45, 7) is 3.19. The largest absolute Gasteiger partial charge is 0.371 e. The number of rotatable bonds is 5. The smallest absolute Gasteiger partial charge is 0.270 e. The van der Waals surface area contributed by atoms with Crippen LogP contribution in [0.1, 0.15) is 42.2 Å². The fraction of sp³-hybridized carbons (Fsp3) is 0.500. The van der Waals surface area contributed by atoms with Crippen molar-refractivity contribution >= 4 is 23.6 Å². The molecule has 2 aliphatic heterocycles. The number of morpholine rings is 1. The van der Waals surface area contributed by atoms with Gasteiger partial charge in [-0.05, 0) is 49.9 Å². The van der Waals surface area contributed by atoms with E-state index in [-0.39, 0.29) is 17.4 Å². The van der Waals surface area contributed by atoms with E-state index in [4.69, 9.17) is 4.74 Å². The quantitative estimate of drug-likeness (QED) is 0.670. The monoisotopic (exact) mass is 439 g/mol. The molecule has 2 aromatic rings. The molecule has 1 aliphatic carbocycles. The van der Waals surface area contributed by atoms with Crippen LogP contribution in [-0.2, 0) is 9.53 Å². The fourth-order valence-electron chi connectivity index (χ4n) is 4.65. The summed E-state index contributed by atoms with van der Waals surface area (Å²) < 4.78 is 8.34. The van der Waals surface area contributed by atoms with Gasteiger partial charge in [-0.25, -0.2) is 0 Å². The van der Waals surface area contributed by atoms with E-state index in [0.717, 1.165) is 36.3 Å². The Kier molecular flexibility index (Phi) is 5.80. The molecule has 0 unspecified atom stereocenters. The molecule has 1 saturated carbocycles. The summed E-state index contributed by atoms with van der Waals surface area (Å²) in [5.41, 5.74) is 0.471. The van der Waals surface area contributed by atoms with E-state index >= 15 is 0 Å². The van der Waals surface area contributed by atoms with E-state index < -0.39 is 0 Å². The van der Waals surface area contributed by atoms with Crippen LogP contribution in [0, 0.1) is 0 Å². The minimum absolute atomic E-state index is 0.109. The van der Waals surface area contributed by atoms with Gasteiger partial charge < -0.3 is 19.1 Å². The molecule has 31 heavy (non-hydrogen) atoms. The summed E-state index contributed by atoms with van der Waals surface area (Å²) in [5.74, 6) is 0.743. The predicted octanol–water partition coefficient (Wildman–Crippen LogP) is 3.45. The zero-order valence-electron chi connectivity index (χ0n) is 17.7. The summed E-state index contributed by atoms with van der Waals surface area (Å²) in [6.07, 6.45) is 5.91. The van der Waals surface area contributed by atoms with Gasteiger partial charge in [-0.1, -0.05) is 18.2 Å². The van der Waals surface area contributed by atoms with Crippen molar-refractivity contribution in [3.63, 3.8) is 0 Å². The Labute approximate surface area is 187 Å². The molecule has 1 spiro atoms. The van der Waals surface area contributed by atoms with Crippen LogP contribution in [0.15, 0.2) is 53.6 Å². The average molecular weight is 440 g/mol. The second-order valence-electron chi connectivity index (χ2n) is 8.77. The Balaban J connectivity index is 1.16. The van der Waals surface area contributed by atoms with E-state index in [2.05, 4.69) is 4.57 Å². The van der Waals surface area contributed by atoms with Crippen LogP contribution in [0.5, 0.6) is 0 Å². The number of hydrogen-bond donors (Lipinski definition) is 0. The van der Waals surface area contributed by atoms with Crippen LogP contribution >= 0.6 is 11.8 Å². The predicted molar refractivity (Wildman–Crippen MR) is 120 cm³/mol. The van der Waals surface area contributed by atoms with Crippen molar-refractivity contribution in [1.82, 2.24) is 14.4 Å². The molecule has 164 valence electrons. The Morgan fingerprint density at radius 1 is 1.00 bits per heavy atom. The molecule has 5 rings (SSSR count). The summed E-state index contributed by atoms with van der Waals surface area (Å²) in [5, 5.41) is 0. The van der Waals surface area contributed by atoms with E-state index in [0.29, 0.717) is 44.6 Å². The zero-order valence-corrected chi connectivity index (χ0v) is 18.6. The van der Waals surface area contributed by atoms with Crippen LogP contribution in [0.3, 0.4) is 0 Å². The lowest BCUT2D eigenvalue weighted by Gasteiger charge is -2.47. The molecule has 0 N–H and O–H groups in total. The number of likely N-dealkylation sites (tertiary alicyclic amines) is 1. The lowest BCUT2D eigenvalue weighted by atomic mass is 9.89. The molecule has 0 bridgehead atoms. The number of benzene rings is 1. The van der Waals surface area contributed by atoms with Crippen molar-refractivity contribution in [3.05, 3.63) is 54.4 Å². The molecule has 7 heteroatoms. The van der Waals surface area contributed by atoms with Gasteiger partial charge in [0.25, 0.3) is 5.91 Å². The third kappa shape index (κ3) is 4.53. The van der Waals surface area contributed by atoms with Gasteiger partial charge in [-0.3, -0.25) is 9.59 Å². The molecule has 2 saturated heterocycles. The molecule has 3 fully saturated rings. The minimum atomic E-state index is -0.325. The highest BCUT2D eigenvalue weighted by molar-refractivity contribution is 8.00. The molecule has 0 atom stereocenters. The maximum absolute atomic E-state index is 13.2. The average Bonchev–Trinajstić information content (AvgIpc) is 3.54. The number of carbonyl (C=O) groups excluding carboxylic acids is 2. The zero-order chi connectivity index (χ0) is 21.3. The molecule has 1 aromatic heterocycles.